The fourth-order valence-corrected chi connectivity index (χ4v) is 5.56. The number of hydrogen-bond acceptors (Lipinski definition) is 4. The lowest BCUT2D eigenvalue weighted by molar-refractivity contribution is -0.117. The Labute approximate surface area is 218 Å². The molecule has 2 heterocycles. The van der Waals surface area contributed by atoms with E-state index < -0.39 is 0 Å². The maximum Gasteiger partial charge on any atom is 0.244 e. The first-order chi connectivity index (χ1) is 18.1. The average molecular weight is 499 g/mol. The number of benzene rings is 2. The standard InChI is InChI=1S/C31H35FN4O/c32-28-8-1-23(2-9-28)5-12-31(37)35-29-10-3-24(4-11-29)13-18-36-19-14-25-6-7-27(21-26(25)15-20-36)30-22-33-16-17-34-30/h1-2,5-9,12,16-17,21-22,24,29H,3-4,10-11,13-15,18-20H2,(H,35,37). The van der Waals surface area contributed by atoms with Crippen LogP contribution in [0.25, 0.3) is 17.3 Å². The summed E-state index contributed by atoms with van der Waals surface area (Å²) in [4.78, 5) is 23.6. The Morgan fingerprint density at radius 1 is 1.00 bits per heavy atom. The molecule has 1 amide bonds. The summed E-state index contributed by atoms with van der Waals surface area (Å²) in [6.07, 6.45) is 16.4. The van der Waals surface area contributed by atoms with Crippen LogP contribution in [-0.4, -0.2) is 46.5 Å². The van der Waals surface area contributed by atoms with E-state index in [0.717, 1.165) is 68.1 Å². The van der Waals surface area contributed by atoms with E-state index in [0.29, 0.717) is 0 Å². The highest BCUT2D eigenvalue weighted by Crippen LogP contribution is 2.28. The zero-order valence-corrected chi connectivity index (χ0v) is 21.3. The van der Waals surface area contributed by atoms with E-state index in [9.17, 15) is 9.18 Å². The lowest BCUT2D eigenvalue weighted by atomic mass is 9.84. The molecule has 0 unspecified atom stereocenters. The van der Waals surface area contributed by atoms with Crippen LogP contribution < -0.4 is 5.32 Å². The van der Waals surface area contributed by atoms with Crippen molar-refractivity contribution in [2.45, 2.75) is 51.0 Å². The Balaban J connectivity index is 1.03. The second-order valence-corrected chi connectivity index (χ2v) is 10.3. The number of fused-ring (bicyclic) bond motifs is 1. The molecule has 2 aliphatic rings. The first kappa shape index (κ1) is 25.3. The Morgan fingerprint density at radius 3 is 2.54 bits per heavy atom. The first-order valence-corrected chi connectivity index (χ1v) is 13.5. The molecule has 1 aromatic heterocycles. The van der Waals surface area contributed by atoms with Crippen LogP contribution in [0.2, 0.25) is 0 Å². The van der Waals surface area contributed by atoms with Gasteiger partial charge in [0.25, 0.3) is 0 Å². The van der Waals surface area contributed by atoms with Crippen molar-refractivity contribution in [1.29, 1.82) is 0 Å². The number of amides is 1. The highest BCUT2D eigenvalue weighted by Gasteiger charge is 2.23. The zero-order valence-electron chi connectivity index (χ0n) is 21.3. The highest BCUT2D eigenvalue weighted by molar-refractivity contribution is 5.91. The molecule has 3 aromatic rings. The molecule has 1 saturated carbocycles. The van der Waals surface area contributed by atoms with Gasteiger partial charge in [0.15, 0.2) is 0 Å². The molecule has 192 valence electrons. The number of nitrogens with zero attached hydrogens (tertiary/aromatic N) is 3. The molecule has 0 spiro atoms. The number of hydrogen-bond donors (Lipinski definition) is 1. The summed E-state index contributed by atoms with van der Waals surface area (Å²) >= 11 is 0. The van der Waals surface area contributed by atoms with Crippen LogP contribution in [0, 0.1) is 11.7 Å². The summed E-state index contributed by atoms with van der Waals surface area (Å²) in [5.74, 6) is 0.392. The third kappa shape index (κ3) is 7.10. The molecule has 5 nitrogen and oxygen atoms in total. The normalized spacial score (nSPS) is 20.4. The second-order valence-electron chi connectivity index (χ2n) is 10.3. The molecule has 37 heavy (non-hydrogen) atoms. The molecule has 1 aliphatic carbocycles. The van der Waals surface area contributed by atoms with Crippen molar-refractivity contribution in [3.05, 3.63) is 89.6 Å². The Bertz CT molecular complexity index is 1200. The minimum Gasteiger partial charge on any atom is -0.350 e. The fourth-order valence-electron chi connectivity index (χ4n) is 5.56. The van der Waals surface area contributed by atoms with Crippen LogP contribution in [0.5, 0.6) is 0 Å². The molecule has 1 N–H and O–H groups in total. The number of rotatable bonds is 7. The van der Waals surface area contributed by atoms with Crippen LogP contribution in [0.3, 0.4) is 0 Å². The van der Waals surface area contributed by atoms with Gasteiger partial charge in [0.2, 0.25) is 5.91 Å². The number of carbonyl (C=O) groups excluding carboxylic acids is 1. The summed E-state index contributed by atoms with van der Waals surface area (Å²) < 4.78 is 13.0. The van der Waals surface area contributed by atoms with Gasteiger partial charge in [0.05, 0.1) is 11.9 Å². The summed E-state index contributed by atoms with van der Waals surface area (Å²) in [5.41, 5.74) is 5.80. The van der Waals surface area contributed by atoms with Gasteiger partial charge in [-0.1, -0.05) is 24.3 Å². The third-order valence-electron chi connectivity index (χ3n) is 7.80. The Morgan fingerprint density at radius 2 is 1.78 bits per heavy atom. The van der Waals surface area contributed by atoms with Crippen LogP contribution in [-0.2, 0) is 17.6 Å². The number of aromatic nitrogens is 2. The molecule has 1 fully saturated rings. The Kier molecular flexibility index (Phi) is 8.36. The maximum atomic E-state index is 13.0. The average Bonchev–Trinajstić information content (AvgIpc) is 3.15. The molecule has 0 radical (unpaired) electrons. The molecular formula is C31H35FN4O. The quantitative estimate of drug-likeness (QED) is 0.440. The minimum atomic E-state index is -0.271. The fraction of sp³-hybridized carbons (Fsp3) is 0.387. The minimum absolute atomic E-state index is 0.0700. The molecular weight excluding hydrogens is 463 g/mol. The third-order valence-corrected chi connectivity index (χ3v) is 7.80. The maximum absolute atomic E-state index is 13.0. The summed E-state index contributed by atoms with van der Waals surface area (Å²) in [5, 5.41) is 3.14. The Hall–Kier alpha value is -3.38. The zero-order chi connectivity index (χ0) is 25.5. The second kappa shape index (κ2) is 12.2. The largest absolute Gasteiger partial charge is 0.350 e. The van der Waals surface area contributed by atoms with E-state index in [1.54, 1.807) is 36.7 Å². The van der Waals surface area contributed by atoms with Gasteiger partial charge in [0.1, 0.15) is 5.82 Å². The molecule has 0 atom stereocenters. The topological polar surface area (TPSA) is 58.1 Å². The van der Waals surface area contributed by atoms with Gasteiger partial charge in [-0.3, -0.25) is 14.8 Å². The van der Waals surface area contributed by atoms with Crippen molar-refractivity contribution in [2.75, 3.05) is 19.6 Å². The molecule has 0 saturated heterocycles. The molecule has 2 aromatic carbocycles. The van der Waals surface area contributed by atoms with Crippen LogP contribution in [0.15, 0.2) is 67.1 Å². The van der Waals surface area contributed by atoms with Gasteiger partial charge < -0.3 is 10.2 Å². The van der Waals surface area contributed by atoms with Crippen molar-refractivity contribution in [3.63, 3.8) is 0 Å². The van der Waals surface area contributed by atoms with Crippen molar-refractivity contribution in [1.82, 2.24) is 20.2 Å². The predicted octanol–water partition coefficient (Wildman–Crippen LogP) is 5.46. The van der Waals surface area contributed by atoms with E-state index in [4.69, 9.17) is 0 Å². The van der Waals surface area contributed by atoms with Gasteiger partial charge >= 0.3 is 0 Å². The van der Waals surface area contributed by atoms with Crippen molar-refractivity contribution < 1.29 is 9.18 Å². The molecule has 0 bridgehead atoms. The molecule has 5 rings (SSSR count). The first-order valence-electron chi connectivity index (χ1n) is 13.5. The SMILES string of the molecule is O=C(C=Cc1ccc(F)cc1)NC1CCC(CCN2CCc3ccc(-c4cnccn4)cc3CC2)CC1. The van der Waals surface area contributed by atoms with Crippen LogP contribution in [0.1, 0.15) is 48.8 Å². The van der Waals surface area contributed by atoms with E-state index >= 15 is 0 Å². The van der Waals surface area contributed by atoms with E-state index in [-0.39, 0.29) is 17.8 Å². The number of carbonyl (C=O) groups is 1. The summed E-state index contributed by atoms with van der Waals surface area (Å²) in [7, 11) is 0. The monoisotopic (exact) mass is 498 g/mol. The van der Waals surface area contributed by atoms with Gasteiger partial charge in [0, 0.05) is 43.2 Å². The van der Waals surface area contributed by atoms with Crippen LogP contribution >= 0.6 is 0 Å². The van der Waals surface area contributed by atoms with E-state index in [1.165, 1.54) is 42.5 Å². The van der Waals surface area contributed by atoms with Crippen molar-refractivity contribution in [2.24, 2.45) is 5.92 Å². The lowest BCUT2D eigenvalue weighted by Crippen LogP contribution is -2.37. The van der Waals surface area contributed by atoms with Gasteiger partial charge in [-0.15, -0.1) is 0 Å². The van der Waals surface area contributed by atoms with E-state index in [2.05, 4.69) is 38.4 Å². The highest BCUT2D eigenvalue weighted by atomic mass is 19.1. The van der Waals surface area contributed by atoms with Crippen molar-refractivity contribution in [3.8, 4) is 11.3 Å². The van der Waals surface area contributed by atoms with Crippen LogP contribution in [0.4, 0.5) is 4.39 Å². The summed E-state index contributed by atoms with van der Waals surface area (Å²) in [6.45, 7) is 3.36. The van der Waals surface area contributed by atoms with Gasteiger partial charge in [-0.25, -0.2) is 4.39 Å². The van der Waals surface area contributed by atoms with Gasteiger partial charge in [-0.2, -0.15) is 0 Å². The van der Waals surface area contributed by atoms with Gasteiger partial charge in [-0.05, 0) is 98.4 Å². The van der Waals surface area contributed by atoms with Crippen molar-refractivity contribution >= 4 is 12.0 Å². The lowest BCUT2D eigenvalue weighted by Gasteiger charge is -2.30. The predicted molar refractivity (Wildman–Crippen MR) is 145 cm³/mol. The molecule has 6 heteroatoms. The summed E-state index contributed by atoms with van der Waals surface area (Å²) in [6, 6.07) is 13.1. The van der Waals surface area contributed by atoms with E-state index in [1.807, 2.05) is 6.20 Å². The molecule has 1 aliphatic heterocycles. The number of halogens is 1. The number of nitrogens with one attached hydrogen (secondary N) is 1. The smallest absolute Gasteiger partial charge is 0.244 e.